The minimum absolute atomic E-state index is 0.0633. The zero-order valence-electron chi connectivity index (χ0n) is 23.1. The standard InChI is InChI=1S/C27H39N5O8/c1-19(2)28-21-5-3-20(4-6-21)13-22-14-31-10-9-30-8-7-29(15-23(33)34)11-12-32(22)18-26(37)40-27(38-24(35)16-30)39-25(36)17-31/h3-6,19,22,27-28H,7-18H2,1-2H3,(H,33,34). The lowest BCUT2D eigenvalue weighted by molar-refractivity contribution is -0.258. The first-order valence-corrected chi connectivity index (χ1v) is 13.7. The fraction of sp³-hybridized carbons (Fsp3) is 0.630. The number of aliphatic carboxylic acids is 1. The van der Waals surface area contributed by atoms with Crippen LogP contribution in [0.15, 0.2) is 24.3 Å². The summed E-state index contributed by atoms with van der Waals surface area (Å²) < 4.78 is 15.8. The molecule has 0 radical (unpaired) electrons. The minimum atomic E-state index is -1.76. The Bertz CT molecular complexity index is 1050. The van der Waals surface area contributed by atoms with E-state index >= 15 is 0 Å². The Kier molecular flexibility index (Phi) is 10.3. The van der Waals surface area contributed by atoms with Crippen LogP contribution in [0, 0.1) is 0 Å². The maximum atomic E-state index is 13.0. The number of fused-ring (bicyclic) bond motifs is 7. The summed E-state index contributed by atoms with van der Waals surface area (Å²) in [6.07, 6.45) is 0.585. The number of carbonyl (C=O) groups is 4. The summed E-state index contributed by atoms with van der Waals surface area (Å²) in [6, 6.07) is 8.21. The molecule has 2 N–H and O–H groups in total. The highest BCUT2D eigenvalue weighted by molar-refractivity contribution is 5.75. The molecule has 4 rings (SSSR count). The molecule has 0 spiro atoms. The van der Waals surface area contributed by atoms with Crippen LogP contribution in [0.3, 0.4) is 0 Å². The van der Waals surface area contributed by atoms with Gasteiger partial charge >= 0.3 is 30.4 Å². The van der Waals surface area contributed by atoms with E-state index in [4.69, 9.17) is 14.2 Å². The molecular weight excluding hydrogens is 522 g/mol. The zero-order valence-corrected chi connectivity index (χ0v) is 23.1. The molecule has 5 atom stereocenters. The highest BCUT2D eigenvalue weighted by atomic mass is 16.9. The molecule has 0 amide bonds. The number of nitrogens with one attached hydrogen (secondary N) is 1. The van der Waals surface area contributed by atoms with Crippen molar-refractivity contribution in [3.05, 3.63) is 29.8 Å². The van der Waals surface area contributed by atoms with Gasteiger partial charge in [0.1, 0.15) is 0 Å². The molecule has 3 aliphatic rings. The summed E-state index contributed by atoms with van der Waals surface area (Å²) >= 11 is 0. The van der Waals surface area contributed by atoms with Crippen molar-refractivity contribution in [2.75, 3.05) is 77.3 Å². The topological polar surface area (TPSA) is 141 Å². The van der Waals surface area contributed by atoms with Gasteiger partial charge in [0.05, 0.1) is 26.2 Å². The first-order valence-electron chi connectivity index (χ1n) is 13.7. The molecule has 3 saturated heterocycles. The van der Waals surface area contributed by atoms with Crippen LogP contribution in [0.1, 0.15) is 19.4 Å². The van der Waals surface area contributed by atoms with Gasteiger partial charge in [-0.1, -0.05) is 12.1 Å². The van der Waals surface area contributed by atoms with Crippen LogP contribution in [0.4, 0.5) is 5.69 Å². The highest BCUT2D eigenvalue weighted by Crippen LogP contribution is 2.18. The fourth-order valence-corrected chi connectivity index (χ4v) is 5.18. The van der Waals surface area contributed by atoms with Crippen molar-refractivity contribution < 1.29 is 38.5 Å². The van der Waals surface area contributed by atoms with E-state index in [1.807, 2.05) is 39.0 Å². The third-order valence-corrected chi connectivity index (χ3v) is 7.11. The minimum Gasteiger partial charge on any atom is -0.480 e. The van der Waals surface area contributed by atoms with Crippen LogP contribution in [-0.2, 0) is 39.8 Å². The van der Waals surface area contributed by atoms with Crippen LogP contribution < -0.4 is 5.32 Å². The summed E-state index contributed by atoms with van der Waals surface area (Å²) in [6.45, 7) is 4.87. The second kappa shape index (κ2) is 13.9. The van der Waals surface area contributed by atoms with E-state index in [0.717, 1.165) is 11.3 Å². The first-order chi connectivity index (χ1) is 19.1. The summed E-state index contributed by atoms with van der Waals surface area (Å²) in [5, 5.41) is 12.9. The Morgan fingerprint density at radius 2 is 1.45 bits per heavy atom. The lowest BCUT2D eigenvalue weighted by atomic mass is 10.0. The van der Waals surface area contributed by atoms with Gasteiger partial charge in [-0.3, -0.25) is 38.8 Å². The SMILES string of the molecule is CC(C)Nc1ccc(CC2CN3CCN4CCN(CC(=O)O)CCN2CC(=O)OC(OC(=O)C4)OC(=O)C3)cc1. The number of nitrogens with zero attached hydrogens (tertiary/aromatic N) is 4. The number of anilines is 1. The molecule has 13 heteroatoms. The van der Waals surface area contributed by atoms with Crippen LogP contribution >= 0.6 is 0 Å². The van der Waals surface area contributed by atoms with E-state index in [1.165, 1.54) is 0 Å². The normalized spacial score (nSPS) is 28.8. The number of ether oxygens (including phenoxy) is 3. The number of hydrogen-bond acceptors (Lipinski definition) is 12. The van der Waals surface area contributed by atoms with E-state index in [9.17, 15) is 24.3 Å². The van der Waals surface area contributed by atoms with Crippen LogP contribution in [0.5, 0.6) is 0 Å². The second-order valence-electron chi connectivity index (χ2n) is 10.8. The van der Waals surface area contributed by atoms with Crippen molar-refractivity contribution in [1.82, 2.24) is 19.6 Å². The summed E-state index contributed by atoms with van der Waals surface area (Å²) in [4.78, 5) is 57.6. The van der Waals surface area contributed by atoms with Crippen LogP contribution in [0.2, 0.25) is 0 Å². The molecule has 40 heavy (non-hydrogen) atoms. The number of esters is 3. The van der Waals surface area contributed by atoms with E-state index in [1.54, 1.807) is 4.90 Å². The van der Waals surface area contributed by atoms with Crippen molar-refractivity contribution in [2.24, 2.45) is 0 Å². The maximum Gasteiger partial charge on any atom is 0.412 e. The number of rotatable bonds is 6. The number of hydrogen-bond donors (Lipinski definition) is 2. The van der Waals surface area contributed by atoms with Gasteiger partial charge in [0, 0.05) is 63.6 Å². The Morgan fingerprint density at radius 3 is 2.10 bits per heavy atom. The van der Waals surface area contributed by atoms with Crippen molar-refractivity contribution in [1.29, 1.82) is 0 Å². The van der Waals surface area contributed by atoms with E-state index in [0.29, 0.717) is 58.3 Å². The van der Waals surface area contributed by atoms with Gasteiger partial charge in [0.15, 0.2) is 0 Å². The maximum absolute atomic E-state index is 13.0. The molecule has 0 aromatic heterocycles. The molecule has 3 heterocycles. The third kappa shape index (κ3) is 9.15. The monoisotopic (exact) mass is 561 g/mol. The molecule has 5 unspecified atom stereocenters. The quantitative estimate of drug-likeness (QED) is 0.438. The number of carboxylic acids is 1. The van der Waals surface area contributed by atoms with Crippen molar-refractivity contribution in [2.45, 2.75) is 38.8 Å². The van der Waals surface area contributed by atoms with Crippen LogP contribution in [0.25, 0.3) is 0 Å². The molecule has 0 aliphatic carbocycles. The molecule has 13 nitrogen and oxygen atoms in total. The Morgan fingerprint density at radius 1 is 0.875 bits per heavy atom. The number of carboxylic acid groups (broad SMARTS) is 1. The van der Waals surface area contributed by atoms with Gasteiger partial charge in [0.2, 0.25) is 0 Å². The average molecular weight is 562 g/mol. The molecular formula is C27H39N5O8. The van der Waals surface area contributed by atoms with Crippen molar-refractivity contribution in [3.63, 3.8) is 0 Å². The summed E-state index contributed by atoms with van der Waals surface area (Å²) in [5.74, 6) is -3.03. The summed E-state index contributed by atoms with van der Waals surface area (Å²) in [7, 11) is 0. The largest absolute Gasteiger partial charge is 0.480 e. The van der Waals surface area contributed by atoms with E-state index in [2.05, 4.69) is 19.2 Å². The Hall–Kier alpha value is -3.26. The molecule has 1 aromatic carbocycles. The second-order valence-corrected chi connectivity index (χ2v) is 10.8. The highest BCUT2D eigenvalue weighted by Gasteiger charge is 2.33. The van der Waals surface area contributed by atoms with E-state index in [-0.39, 0.29) is 32.2 Å². The lowest BCUT2D eigenvalue weighted by Crippen LogP contribution is -2.53. The average Bonchev–Trinajstić information content (AvgIpc) is 2.89. The van der Waals surface area contributed by atoms with E-state index < -0.39 is 30.4 Å². The lowest BCUT2D eigenvalue weighted by Gasteiger charge is -2.37. The smallest absolute Gasteiger partial charge is 0.412 e. The molecule has 220 valence electrons. The van der Waals surface area contributed by atoms with Crippen LogP contribution in [-0.4, -0.2) is 139 Å². The Balaban J connectivity index is 1.68. The van der Waals surface area contributed by atoms with Gasteiger partial charge < -0.3 is 24.6 Å². The number of benzene rings is 1. The van der Waals surface area contributed by atoms with Gasteiger partial charge in [-0.2, -0.15) is 0 Å². The Labute approximate surface area is 233 Å². The first kappa shape index (κ1) is 29.7. The predicted molar refractivity (Wildman–Crippen MR) is 143 cm³/mol. The number of carbonyl (C=O) groups excluding carboxylic acids is 3. The zero-order chi connectivity index (χ0) is 28.6. The van der Waals surface area contributed by atoms with Gasteiger partial charge in [-0.25, -0.2) is 0 Å². The van der Waals surface area contributed by atoms with Crippen molar-refractivity contribution >= 4 is 29.6 Å². The van der Waals surface area contributed by atoms with Gasteiger partial charge in [-0.15, -0.1) is 0 Å². The molecule has 3 fully saturated rings. The predicted octanol–water partition coefficient (Wildman–Crippen LogP) is -0.335. The summed E-state index contributed by atoms with van der Waals surface area (Å²) in [5.41, 5.74) is 2.06. The molecule has 1 aromatic rings. The molecule has 4 bridgehead atoms. The molecule has 3 aliphatic heterocycles. The third-order valence-electron chi connectivity index (χ3n) is 7.11. The fourth-order valence-electron chi connectivity index (χ4n) is 5.18. The van der Waals surface area contributed by atoms with Gasteiger partial charge in [0.25, 0.3) is 0 Å². The molecule has 0 saturated carbocycles. The van der Waals surface area contributed by atoms with Gasteiger partial charge in [-0.05, 0) is 38.0 Å². The van der Waals surface area contributed by atoms with Crippen molar-refractivity contribution in [3.8, 4) is 0 Å².